The third kappa shape index (κ3) is 3.92. The van der Waals surface area contributed by atoms with Gasteiger partial charge in [-0.1, -0.05) is 6.92 Å². The van der Waals surface area contributed by atoms with E-state index in [0.717, 1.165) is 0 Å². The van der Waals surface area contributed by atoms with Crippen LogP contribution in [-0.2, 0) is 0 Å². The highest BCUT2D eigenvalue weighted by Gasteiger charge is 2.10. The Labute approximate surface area is 107 Å². The summed E-state index contributed by atoms with van der Waals surface area (Å²) in [4.78, 5) is 11.9. The molecule has 1 aromatic carbocycles. The number of benzene rings is 1. The third-order valence-electron chi connectivity index (χ3n) is 2.58. The molecule has 5 nitrogen and oxygen atoms in total. The monoisotopic (exact) mass is 253 g/mol. The number of hydrogen-bond donors (Lipinski definition) is 2. The maximum absolute atomic E-state index is 11.9. The van der Waals surface area contributed by atoms with Gasteiger partial charge in [0.2, 0.25) is 0 Å². The molecule has 0 heterocycles. The van der Waals surface area contributed by atoms with Gasteiger partial charge in [0.1, 0.15) is 11.5 Å². The van der Waals surface area contributed by atoms with Crippen LogP contribution in [0.2, 0.25) is 0 Å². The Morgan fingerprint density at radius 1 is 1.28 bits per heavy atom. The zero-order valence-corrected chi connectivity index (χ0v) is 10.9. The largest absolute Gasteiger partial charge is 0.497 e. The second kappa shape index (κ2) is 6.86. The summed E-state index contributed by atoms with van der Waals surface area (Å²) in [7, 11) is 3.05. The highest BCUT2D eigenvalue weighted by atomic mass is 16.5. The molecular formula is C13H19NO4. The molecule has 1 atom stereocenters. The van der Waals surface area contributed by atoms with Crippen LogP contribution in [0.25, 0.3) is 0 Å². The van der Waals surface area contributed by atoms with Crippen LogP contribution >= 0.6 is 0 Å². The zero-order chi connectivity index (χ0) is 13.5. The lowest BCUT2D eigenvalue weighted by atomic mass is 10.2. The number of hydrogen-bond acceptors (Lipinski definition) is 4. The fourth-order valence-electron chi connectivity index (χ4n) is 1.40. The van der Waals surface area contributed by atoms with Gasteiger partial charge in [0.05, 0.1) is 20.3 Å². The molecule has 0 saturated carbocycles. The first kappa shape index (κ1) is 14.3. The van der Waals surface area contributed by atoms with Crippen molar-refractivity contribution < 1.29 is 19.4 Å². The molecule has 0 aliphatic heterocycles. The van der Waals surface area contributed by atoms with E-state index in [1.165, 1.54) is 14.2 Å². The lowest BCUT2D eigenvalue weighted by Crippen LogP contribution is -2.31. The Kier molecular flexibility index (Phi) is 5.45. The van der Waals surface area contributed by atoms with Gasteiger partial charge in [-0.15, -0.1) is 0 Å². The fraction of sp³-hybridized carbons (Fsp3) is 0.462. The van der Waals surface area contributed by atoms with E-state index < -0.39 is 6.10 Å². The summed E-state index contributed by atoms with van der Waals surface area (Å²) in [6.45, 7) is 2.08. The Morgan fingerprint density at radius 2 is 1.83 bits per heavy atom. The molecule has 0 radical (unpaired) electrons. The number of ether oxygens (including phenoxy) is 2. The van der Waals surface area contributed by atoms with Gasteiger partial charge >= 0.3 is 0 Å². The second-order valence-corrected chi connectivity index (χ2v) is 3.87. The van der Waals surface area contributed by atoms with Crippen molar-refractivity contribution in [1.29, 1.82) is 0 Å². The molecular weight excluding hydrogens is 234 g/mol. The molecule has 1 rings (SSSR count). The van der Waals surface area contributed by atoms with Crippen molar-refractivity contribution in [2.45, 2.75) is 19.4 Å². The number of carbonyl (C=O) groups is 1. The van der Waals surface area contributed by atoms with Crippen LogP contribution in [0.15, 0.2) is 18.2 Å². The fourth-order valence-corrected chi connectivity index (χ4v) is 1.40. The smallest absolute Gasteiger partial charge is 0.251 e. The quantitative estimate of drug-likeness (QED) is 0.799. The van der Waals surface area contributed by atoms with Gasteiger partial charge in [0.15, 0.2) is 0 Å². The van der Waals surface area contributed by atoms with E-state index in [1.807, 2.05) is 6.92 Å². The second-order valence-electron chi connectivity index (χ2n) is 3.87. The SMILES string of the molecule is CCC(O)CNC(=O)c1cc(OC)cc(OC)c1. The molecule has 0 bridgehead atoms. The van der Waals surface area contributed by atoms with E-state index in [1.54, 1.807) is 18.2 Å². The summed E-state index contributed by atoms with van der Waals surface area (Å²) in [5.74, 6) is 0.839. The minimum atomic E-state index is -0.526. The first-order valence-corrected chi connectivity index (χ1v) is 5.80. The van der Waals surface area contributed by atoms with E-state index in [2.05, 4.69) is 5.32 Å². The minimum Gasteiger partial charge on any atom is -0.497 e. The van der Waals surface area contributed by atoms with Gasteiger partial charge in [0.25, 0.3) is 5.91 Å². The Balaban J connectivity index is 2.78. The lowest BCUT2D eigenvalue weighted by molar-refractivity contribution is 0.0913. The van der Waals surface area contributed by atoms with Crippen molar-refractivity contribution in [3.63, 3.8) is 0 Å². The Bertz CT molecular complexity index is 384. The summed E-state index contributed by atoms with van der Waals surface area (Å²) in [6.07, 6.45) is 0.0725. The van der Waals surface area contributed by atoms with Crippen LogP contribution in [0, 0.1) is 0 Å². The van der Waals surface area contributed by atoms with Crippen molar-refractivity contribution in [2.24, 2.45) is 0 Å². The number of carbonyl (C=O) groups excluding carboxylic acids is 1. The summed E-state index contributed by atoms with van der Waals surface area (Å²) >= 11 is 0. The number of rotatable bonds is 6. The standard InChI is InChI=1S/C13H19NO4/c1-4-10(15)8-14-13(16)9-5-11(17-2)7-12(6-9)18-3/h5-7,10,15H,4,8H2,1-3H3,(H,14,16). The van der Waals surface area contributed by atoms with Crippen molar-refractivity contribution in [3.8, 4) is 11.5 Å². The topological polar surface area (TPSA) is 67.8 Å². The Hall–Kier alpha value is -1.75. The van der Waals surface area contributed by atoms with Gasteiger partial charge in [-0.25, -0.2) is 0 Å². The van der Waals surface area contributed by atoms with Gasteiger partial charge < -0.3 is 19.9 Å². The van der Waals surface area contributed by atoms with Gasteiger partial charge in [0, 0.05) is 18.2 Å². The average Bonchev–Trinajstić information content (AvgIpc) is 2.43. The molecule has 18 heavy (non-hydrogen) atoms. The molecule has 100 valence electrons. The Morgan fingerprint density at radius 3 is 2.28 bits per heavy atom. The highest BCUT2D eigenvalue weighted by molar-refractivity contribution is 5.95. The molecule has 2 N–H and O–H groups in total. The number of aliphatic hydroxyl groups excluding tert-OH is 1. The maximum Gasteiger partial charge on any atom is 0.251 e. The molecule has 5 heteroatoms. The van der Waals surface area contributed by atoms with Crippen LogP contribution in [0.4, 0.5) is 0 Å². The number of aliphatic hydroxyl groups is 1. The molecule has 0 aliphatic rings. The number of amides is 1. The first-order valence-electron chi connectivity index (χ1n) is 5.80. The van der Waals surface area contributed by atoms with Crippen molar-refractivity contribution in [2.75, 3.05) is 20.8 Å². The van der Waals surface area contributed by atoms with E-state index >= 15 is 0 Å². The minimum absolute atomic E-state index is 0.231. The van der Waals surface area contributed by atoms with E-state index in [0.29, 0.717) is 23.5 Å². The molecule has 0 spiro atoms. The normalized spacial score (nSPS) is 11.8. The van der Waals surface area contributed by atoms with Crippen molar-refractivity contribution in [3.05, 3.63) is 23.8 Å². The van der Waals surface area contributed by atoms with E-state index in [9.17, 15) is 9.90 Å². The molecule has 1 aromatic rings. The predicted octanol–water partition coefficient (Wildman–Crippen LogP) is 1.20. The lowest BCUT2D eigenvalue weighted by Gasteiger charge is -2.11. The molecule has 0 aliphatic carbocycles. The first-order chi connectivity index (χ1) is 8.60. The number of methoxy groups -OCH3 is 2. The van der Waals surface area contributed by atoms with Crippen LogP contribution in [0.1, 0.15) is 23.7 Å². The summed E-state index contributed by atoms with van der Waals surface area (Å²) in [5, 5.41) is 12.0. The average molecular weight is 253 g/mol. The maximum atomic E-state index is 11.9. The molecule has 0 fully saturated rings. The molecule has 1 unspecified atom stereocenters. The van der Waals surface area contributed by atoms with Gasteiger partial charge in [-0.3, -0.25) is 4.79 Å². The van der Waals surface area contributed by atoms with Crippen molar-refractivity contribution >= 4 is 5.91 Å². The molecule has 0 aromatic heterocycles. The highest BCUT2D eigenvalue weighted by Crippen LogP contribution is 2.22. The predicted molar refractivity (Wildman–Crippen MR) is 68.2 cm³/mol. The summed E-state index contributed by atoms with van der Waals surface area (Å²) in [6, 6.07) is 4.93. The van der Waals surface area contributed by atoms with Gasteiger partial charge in [-0.2, -0.15) is 0 Å². The van der Waals surface area contributed by atoms with Crippen molar-refractivity contribution in [1.82, 2.24) is 5.32 Å². The van der Waals surface area contributed by atoms with E-state index in [4.69, 9.17) is 9.47 Å². The molecule has 1 amide bonds. The van der Waals surface area contributed by atoms with Gasteiger partial charge in [-0.05, 0) is 18.6 Å². The third-order valence-corrected chi connectivity index (χ3v) is 2.58. The number of nitrogens with one attached hydrogen (secondary N) is 1. The van der Waals surface area contributed by atoms with Crippen LogP contribution < -0.4 is 14.8 Å². The summed E-state index contributed by atoms with van der Waals surface area (Å²) < 4.78 is 10.2. The van der Waals surface area contributed by atoms with Crippen LogP contribution in [0.3, 0.4) is 0 Å². The molecule has 0 saturated heterocycles. The van der Waals surface area contributed by atoms with E-state index in [-0.39, 0.29) is 12.5 Å². The van der Waals surface area contributed by atoms with Crippen LogP contribution in [0.5, 0.6) is 11.5 Å². The zero-order valence-electron chi connectivity index (χ0n) is 10.9. The van der Waals surface area contributed by atoms with Crippen LogP contribution in [-0.4, -0.2) is 37.9 Å². The summed E-state index contributed by atoms with van der Waals surface area (Å²) in [5.41, 5.74) is 0.439.